The van der Waals surface area contributed by atoms with Crippen LogP contribution in [0.25, 0.3) is 11.0 Å². The zero-order chi connectivity index (χ0) is 23.5. The number of rotatable bonds is 6. The smallest absolute Gasteiger partial charge is 0.227 e. The molecular weight excluding hydrogens is 427 g/mol. The molecule has 1 fully saturated rings. The van der Waals surface area contributed by atoms with Crippen LogP contribution in [-0.2, 0) is 17.8 Å². The zero-order valence-electron chi connectivity index (χ0n) is 19.4. The number of hydrogen-bond donors (Lipinski definition) is 1. The van der Waals surface area contributed by atoms with Crippen molar-refractivity contribution < 1.29 is 9.18 Å². The molecule has 0 spiro atoms. The number of imidazole rings is 1. The van der Waals surface area contributed by atoms with Crippen molar-refractivity contribution in [1.29, 1.82) is 0 Å². The van der Waals surface area contributed by atoms with Crippen molar-refractivity contribution in [3.8, 4) is 0 Å². The molecule has 4 aromatic rings. The van der Waals surface area contributed by atoms with Gasteiger partial charge >= 0.3 is 0 Å². The van der Waals surface area contributed by atoms with E-state index in [0.29, 0.717) is 6.54 Å². The first-order chi connectivity index (χ1) is 16.6. The molecule has 2 heterocycles. The first-order valence-corrected chi connectivity index (χ1v) is 12.0. The Kier molecular flexibility index (Phi) is 6.30. The topological polar surface area (TPSA) is 50.2 Å². The maximum absolute atomic E-state index is 13.4. The molecule has 1 amide bonds. The number of para-hydroxylation sites is 3. The third kappa shape index (κ3) is 4.53. The second kappa shape index (κ2) is 9.67. The molecule has 0 unspecified atom stereocenters. The first kappa shape index (κ1) is 22.1. The number of benzene rings is 3. The van der Waals surface area contributed by atoms with E-state index in [1.54, 1.807) is 0 Å². The van der Waals surface area contributed by atoms with Gasteiger partial charge in [-0.2, -0.15) is 0 Å². The van der Waals surface area contributed by atoms with Gasteiger partial charge in [0.25, 0.3) is 0 Å². The lowest BCUT2D eigenvalue weighted by Crippen LogP contribution is -2.39. The number of aromatic nitrogens is 2. The molecule has 1 aliphatic heterocycles. The molecule has 0 radical (unpaired) electrons. The van der Waals surface area contributed by atoms with Crippen LogP contribution in [-0.4, -0.2) is 28.5 Å². The predicted octanol–water partition coefficient (Wildman–Crippen LogP) is 5.64. The highest BCUT2D eigenvalue weighted by atomic mass is 19.1. The Morgan fingerprint density at radius 3 is 2.47 bits per heavy atom. The molecule has 1 aromatic heterocycles. The van der Waals surface area contributed by atoms with E-state index in [1.807, 2.05) is 48.5 Å². The van der Waals surface area contributed by atoms with Crippen molar-refractivity contribution in [1.82, 2.24) is 9.55 Å². The van der Waals surface area contributed by atoms with Gasteiger partial charge in [0.2, 0.25) is 11.9 Å². The van der Waals surface area contributed by atoms with Gasteiger partial charge in [-0.15, -0.1) is 0 Å². The SMILES string of the molecule is CCc1ccccc1NC(=O)C1CCN(c2nc3ccccc3n2Cc2ccc(F)cc2)CC1. The molecule has 3 aromatic carbocycles. The molecule has 1 saturated heterocycles. The summed E-state index contributed by atoms with van der Waals surface area (Å²) in [5.41, 5.74) is 5.09. The number of amides is 1. The van der Waals surface area contributed by atoms with Gasteiger partial charge in [0.15, 0.2) is 0 Å². The summed E-state index contributed by atoms with van der Waals surface area (Å²) >= 11 is 0. The second-order valence-electron chi connectivity index (χ2n) is 8.87. The van der Waals surface area contributed by atoms with E-state index in [1.165, 1.54) is 12.1 Å². The van der Waals surface area contributed by atoms with Crippen LogP contribution in [0.5, 0.6) is 0 Å². The van der Waals surface area contributed by atoms with Crippen molar-refractivity contribution in [3.05, 3.63) is 89.7 Å². The first-order valence-electron chi connectivity index (χ1n) is 12.0. The minimum absolute atomic E-state index is 0.0175. The molecule has 0 saturated carbocycles. The fourth-order valence-corrected chi connectivity index (χ4v) is 4.76. The average Bonchev–Trinajstić information content (AvgIpc) is 3.24. The summed E-state index contributed by atoms with van der Waals surface area (Å²) in [6, 6.07) is 22.7. The Morgan fingerprint density at radius 2 is 1.71 bits per heavy atom. The monoisotopic (exact) mass is 456 g/mol. The third-order valence-electron chi connectivity index (χ3n) is 6.69. The molecule has 34 heavy (non-hydrogen) atoms. The number of aryl methyl sites for hydroxylation is 1. The van der Waals surface area contributed by atoms with Crippen LogP contribution in [0.4, 0.5) is 16.0 Å². The molecule has 0 bridgehead atoms. The number of fused-ring (bicyclic) bond motifs is 1. The minimum Gasteiger partial charge on any atom is -0.342 e. The molecule has 6 heteroatoms. The molecule has 5 rings (SSSR count). The molecule has 1 N–H and O–H groups in total. The number of piperidine rings is 1. The summed E-state index contributed by atoms with van der Waals surface area (Å²) in [5.74, 6) is 0.749. The molecule has 0 atom stereocenters. The third-order valence-corrected chi connectivity index (χ3v) is 6.69. The van der Waals surface area contributed by atoms with Gasteiger partial charge in [-0.1, -0.05) is 49.4 Å². The highest BCUT2D eigenvalue weighted by Gasteiger charge is 2.28. The van der Waals surface area contributed by atoms with Crippen LogP contribution in [0.3, 0.4) is 0 Å². The molecule has 5 nitrogen and oxygen atoms in total. The second-order valence-corrected chi connectivity index (χ2v) is 8.87. The minimum atomic E-state index is -0.235. The number of hydrogen-bond acceptors (Lipinski definition) is 3. The zero-order valence-corrected chi connectivity index (χ0v) is 19.4. The molecular formula is C28H29FN4O. The Morgan fingerprint density at radius 1 is 1.00 bits per heavy atom. The fraction of sp³-hybridized carbons (Fsp3) is 0.286. The van der Waals surface area contributed by atoms with Crippen molar-refractivity contribution >= 4 is 28.6 Å². The maximum Gasteiger partial charge on any atom is 0.227 e. The Labute approximate surface area is 199 Å². The van der Waals surface area contributed by atoms with Crippen molar-refractivity contribution in [3.63, 3.8) is 0 Å². The summed E-state index contributed by atoms with van der Waals surface area (Å²) in [6.07, 6.45) is 2.44. The van der Waals surface area contributed by atoms with Crippen LogP contribution >= 0.6 is 0 Å². The lowest BCUT2D eigenvalue weighted by atomic mass is 9.95. The highest BCUT2D eigenvalue weighted by Crippen LogP contribution is 2.29. The average molecular weight is 457 g/mol. The predicted molar refractivity (Wildman–Crippen MR) is 135 cm³/mol. The lowest BCUT2D eigenvalue weighted by molar-refractivity contribution is -0.120. The standard InChI is InChI=1S/C28H29FN4O/c1-2-21-7-3-4-8-24(21)30-27(34)22-15-17-32(18-16-22)28-31-25-9-5-6-10-26(25)33(28)19-20-11-13-23(29)14-12-20/h3-14,22H,2,15-19H2,1H3,(H,30,34). The molecule has 174 valence electrons. The number of anilines is 2. The van der Waals surface area contributed by atoms with E-state index in [4.69, 9.17) is 4.98 Å². The largest absolute Gasteiger partial charge is 0.342 e. The maximum atomic E-state index is 13.4. The van der Waals surface area contributed by atoms with E-state index in [2.05, 4.69) is 33.8 Å². The number of carbonyl (C=O) groups excluding carboxylic acids is 1. The van der Waals surface area contributed by atoms with Crippen LogP contribution < -0.4 is 10.2 Å². The normalized spacial score (nSPS) is 14.5. The van der Waals surface area contributed by atoms with Crippen LogP contribution in [0, 0.1) is 11.7 Å². The number of nitrogens with one attached hydrogen (secondary N) is 1. The lowest BCUT2D eigenvalue weighted by Gasteiger charge is -2.32. The number of halogens is 1. The Hall–Kier alpha value is -3.67. The molecule has 0 aliphatic carbocycles. The van der Waals surface area contributed by atoms with Gasteiger partial charge in [0.1, 0.15) is 5.82 Å². The van der Waals surface area contributed by atoms with Crippen molar-refractivity contribution in [2.24, 2.45) is 5.92 Å². The van der Waals surface area contributed by atoms with E-state index < -0.39 is 0 Å². The fourth-order valence-electron chi connectivity index (χ4n) is 4.76. The number of carbonyl (C=O) groups is 1. The van der Waals surface area contributed by atoms with Crippen LogP contribution in [0.2, 0.25) is 0 Å². The van der Waals surface area contributed by atoms with Crippen LogP contribution in [0.1, 0.15) is 30.9 Å². The van der Waals surface area contributed by atoms with E-state index in [-0.39, 0.29) is 17.6 Å². The van der Waals surface area contributed by atoms with Crippen molar-refractivity contribution in [2.75, 3.05) is 23.3 Å². The van der Waals surface area contributed by atoms with Crippen LogP contribution in [0.15, 0.2) is 72.8 Å². The quantitative estimate of drug-likeness (QED) is 0.408. The summed E-state index contributed by atoms with van der Waals surface area (Å²) < 4.78 is 15.6. The number of nitrogens with zero attached hydrogens (tertiary/aromatic N) is 3. The van der Waals surface area contributed by atoms with Crippen molar-refractivity contribution in [2.45, 2.75) is 32.7 Å². The van der Waals surface area contributed by atoms with Gasteiger partial charge in [-0.3, -0.25) is 4.79 Å². The summed E-state index contributed by atoms with van der Waals surface area (Å²) in [7, 11) is 0. The van der Waals surface area contributed by atoms with Gasteiger partial charge in [-0.05, 0) is 60.7 Å². The Bertz CT molecular complexity index is 1290. The summed E-state index contributed by atoms with van der Waals surface area (Å²) in [4.78, 5) is 20.2. The van der Waals surface area contributed by atoms with E-state index >= 15 is 0 Å². The highest BCUT2D eigenvalue weighted by molar-refractivity contribution is 5.93. The van der Waals surface area contributed by atoms with Gasteiger partial charge < -0.3 is 14.8 Å². The van der Waals surface area contributed by atoms with Gasteiger partial charge in [0.05, 0.1) is 17.6 Å². The van der Waals surface area contributed by atoms with Gasteiger partial charge in [0, 0.05) is 24.7 Å². The Balaban J connectivity index is 1.32. The van der Waals surface area contributed by atoms with E-state index in [0.717, 1.165) is 66.1 Å². The molecule has 1 aliphatic rings. The van der Waals surface area contributed by atoms with Gasteiger partial charge in [-0.25, -0.2) is 9.37 Å². The summed E-state index contributed by atoms with van der Waals surface area (Å²) in [6.45, 7) is 4.24. The van der Waals surface area contributed by atoms with E-state index in [9.17, 15) is 9.18 Å². The summed E-state index contributed by atoms with van der Waals surface area (Å²) in [5, 5.41) is 3.15.